The lowest BCUT2D eigenvalue weighted by molar-refractivity contribution is 0.217. The van der Waals surface area contributed by atoms with E-state index in [-0.39, 0.29) is 29.9 Å². The van der Waals surface area contributed by atoms with E-state index < -0.39 is 11.9 Å². The summed E-state index contributed by atoms with van der Waals surface area (Å²) < 4.78 is 20.3. The van der Waals surface area contributed by atoms with Crippen LogP contribution in [-0.4, -0.2) is 41.0 Å². The first-order valence-electron chi connectivity index (χ1n) is 11.4. The van der Waals surface area contributed by atoms with Gasteiger partial charge in [-0.05, 0) is 56.4 Å². The summed E-state index contributed by atoms with van der Waals surface area (Å²) in [5.41, 5.74) is 19.0. The van der Waals surface area contributed by atoms with Crippen LogP contribution in [0.3, 0.4) is 0 Å². The summed E-state index contributed by atoms with van der Waals surface area (Å²) in [6, 6.07) is 3.88. The number of hydrogen-bond acceptors (Lipinski definition) is 9. The van der Waals surface area contributed by atoms with Gasteiger partial charge in [0.05, 0.1) is 23.3 Å². The molecular formula is C24H31FN8O. The Morgan fingerprint density at radius 1 is 1.35 bits per heavy atom. The van der Waals surface area contributed by atoms with Gasteiger partial charge in [-0.25, -0.2) is 14.4 Å². The second-order valence-corrected chi connectivity index (χ2v) is 8.78. The summed E-state index contributed by atoms with van der Waals surface area (Å²) in [6.45, 7) is 4.42. The van der Waals surface area contributed by atoms with E-state index in [1.54, 1.807) is 26.2 Å². The molecule has 2 heterocycles. The Bertz CT molecular complexity index is 1160. The van der Waals surface area contributed by atoms with Crippen LogP contribution in [0, 0.1) is 17.1 Å². The Balaban J connectivity index is 1.94. The molecule has 1 saturated carbocycles. The van der Waals surface area contributed by atoms with Crippen molar-refractivity contribution >= 4 is 22.9 Å². The van der Waals surface area contributed by atoms with Crippen LogP contribution in [-0.2, 0) is 0 Å². The van der Waals surface area contributed by atoms with Gasteiger partial charge in [0.15, 0.2) is 5.82 Å². The number of halogens is 1. The molecule has 180 valence electrons. The third-order valence-corrected chi connectivity index (χ3v) is 6.06. The molecule has 0 radical (unpaired) electrons. The lowest BCUT2D eigenvalue weighted by atomic mass is 9.91. The fourth-order valence-corrected chi connectivity index (χ4v) is 3.99. The van der Waals surface area contributed by atoms with E-state index in [4.69, 9.17) is 21.6 Å². The second-order valence-electron chi connectivity index (χ2n) is 8.78. The molecule has 1 aliphatic carbocycles. The minimum atomic E-state index is -0.645. The predicted octanol–water partition coefficient (Wildman–Crippen LogP) is 2.74. The molecule has 2 unspecified atom stereocenters. The molecule has 10 heteroatoms. The predicted molar refractivity (Wildman–Crippen MR) is 131 cm³/mol. The first-order chi connectivity index (χ1) is 16.3. The Labute approximate surface area is 198 Å². The quantitative estimate of drug-likeness (QED) is 0.426. The fraction of sp³-hybridized carbons (Fsp3) is 0.417. The van der Waals surface area contributed by atoms with Crippen LogP contribution in [0.5, 0.6) is 5.88 Å². The number of hydrogen-bond donors (Lipinski definition) is 5. The fourth-order valence-electron chi connectivity index (χ4n) is 3.99. The molecule has 2 aliphatic rings. The molecule has 1 aliphatic heterocycles. The van der Waals surface area contributed by atoms with Crippen molar-refractivity contribution < 1.29 is 9.13 Å². The number of nitrogens with one attached hydrogen (secondary N) is 3. The summed E-state index contributed by atoms with van der Waals surface area (Å²) in [4.78, 5) is 8.98. The molecular weight excluding hydrogens is 435 g/mol. The minimum absolute atomic E-state index is 0.127. The standard InChI is InChI=1S/C24H31FN8O/c1-12(26)17-9-19(33-29-3)21(27)16-7-6-15(25)8-18(16)13(2)34-24-23(28)31-11-20(32-24)22(17)30-10-14-4-5-14/h6-8,11-14,27,29-30H,4-5,9-10,26H2,1-3H3,(H2,28,31)/b22-17-,27-21?,33-19-. The van der Waals surface area contributed by atoms with E-state index in [2.05, 4.69) is 25.8 Å². The number of nitrogens with two attached hydrogens (primary N) is 2. The third kappa shape index (κ3) is 5.01. The highest BCUT2D eigenvalue weighted by Crippen LogP contribution is 2.32. The van der Waals surface area contributed by atoms with Gasteiger partial charge < -0.3 is 26.9 Å². The SMILES string of the molecule is CN/N=C1/C/C(C(C)N)=C(/NCC2CC2)c2cnc(N)c(n2)OC(C)c2cc(F)ccc2C1=N. The monoisotopic (exact) mass is 466 g/mol. The number of fused-ring (bicyclic) bond motifs is 3. The average Bonchev–Trinajstić information content (AvgIpc) is 3.63. The number of rotatable bonds is 5. The van der Waals surface area contributed by atoms with Gasteiger partial charge in [0.25, 0.3) is 5.88 Å². The smallest absolute Gasteiger partial charge is 0.258 e. The molecule has 0 spiro atoms. The maximum Gasteiger partial charge on any atom is 0.258 e. The van der Waals surface area contributed by atoms with E-state index in [1.165, 1.54) is 25.0 Å². The maximum atomic E-state index is 14.2. The van der Waals surface area contributed by atoms with Gasteiger partial charge in [0.1, 0.15) is 17.6 Å². The molecule has 1 aromatic heterocycles. The van der Waals surface area contributed by atoms with E-state index in [0.29, 0.717) is 28.5 Å². The summed E-state index contributed by atoms with van der Waals surface area (Å²) in [5, 5.41) is 16.9. The van der Waals surface area contributed by atoms with Crippen molar-refractivity contribution in [3.8, 4) is 5.88 Å². The number of nitrogen functional groups attached to an aromatic ring is 1. The van der Waals surface area contributed by atoms with Crippen LogP contribution in [0.25, 0.3) is 5.70 Å². The molecule has 2 aromatic rings. The van der Waals surface area contributed by atoms with Crippen molar-refractivity contribution in [2.45, 2.75) is 45.3 Å². The zero-order valence-electron chi connectivity index (χ0n) is 19.7. The molecule has 0 amide bonds. The van der Waals surface area contributed by atoms with Gasteiger partial charge >= 0.3 is 0 Å². The zero-order chi connectivity index (χ0) is 24.4. The lowest BCUT2D eigenvalue weighted by Crippen LogP contribution is -2.30. The Hall–Kier alpha value is -3.53. The highest BCUT2D eigenvalue weighted by Gasteiger charge is 2.27. The normalized spacial score (nSPS) is 22.8. The van der Waals surface area contributed by atoms with Crippen LogP contribution < -0.4 is 26.9 Å². The Morgan fingerprint density at radius 2 is 2.12 bits per heavy atom. The number of hydrazone groups is 1. The van der Waals surface area contributed by atoms with Gasteiger partial charge in [0.2, 0.25) is 0 Å². The van der Waals surface area contributed by atoms with Crippen LogP contribution in [0.4, 0.5) is 10.2 Å². The largest absolute Gasteiger partial charge is 0.467 e. The molecule has 34 heavy (non-hydrogen) atoms. The highest BCUT2D eigenvalue weighted by atomic mass is 19.1. The second kappa shape index (κ2) is 9.76. The van der Waals surface area contributed by atoms with Gasteiger partial charge in [-0.3, -0.25) is 5.41 Å². The van der Waals surface area contributed by atoms with Crippen LogP contribution in [0.1, 0.15) is 56.0 Å². The van der Waals surface area contributed by atoms with Crippen molar-refractivity contribution in [2.75, 3.05) is 19.3 Å². The number of ether oxygens (including phenoxy) is 1. The highest BCUT2D eigenvalue weighted by molar-refractivity contribution is 6.48. The molecule has 4 rings (SSSR count). The van der Waals surface area contributed by atoms with Crippen molar-refractivity contribution in [1.29, 1.82) is 5.41 Å². The maximum absolute atomic E-state index is 14.2. The summed E-state index contributed by atoms with van der Waals surface area (Å²) >= 11 is 0. The lowest BCUT2D eigenvalue weighted by Gasteiger charge is -2.24. The molecule has 1 aromatic carbocycles. The molecule has 7 N–H and O–H groups in total. The summed E-state index contributed by atoms with van der Waals surface area (Å²) in [6.07, 6.45) is 3.59. The van der Waals surface area contributed by atoms with Crippen molar-refractivity contribution in [1.82, 2.24) is 20.7 Å². The number of aromatic nitrogens is 2. The Kier molecular flexibility index (Phi) is 6.78. The number of anilines is 1. The van der Waals surface area contributed by atoms with Crippen LogP contribution >= 0.6 is 0 Å². The van der Waals surface area contributed by atoms with Gasteiger partial charge in [-0.2, -0.15) is 5.10 Å². The van der Waals surface area contributed by atoms with Crippen molar-refractivity contribution in [3.63, 3.8) is 0 Å². The summed E-state index contributed by atoms with van der Waals surface area (Å²) in [7, 11) is 1.67. The number of nitrogens with zero attached hydrogens (tertiary/aromatic N) is 3. The van der Waals surface area contributed by atoms with E-state index in [0.717, 1.165) is 17.8 Å². The summed E-state index contributed by atoms with van der Waals surface area (Å²) in [5.74, 6) is 0.441. The molecule has 1 fully saturated rings. The van der Waals surface area contributed by atoms with Crippen molar-refractivity contribution in [3.05, 3.63) is 52.6 Å². The third-order valence-electron chi connectivity index (χ3n) is 6.06. The number of benzene rings is 1. The first-order valence-corrected chi connectivity index (χ1v) is 11.4. The van der Waals surface area contributed by atoms with E-state index in [1.807, 2.05) is 6.92 Å². The van der Waals surface area contributed by atoms with Gasteiger partial charge in [-0.15, -0.1) is 0 Å². The zero-order valence-corrected chi connectivity index (χ0v) is 19.7. The topological polar surface area (TPSA) is 147 Å². The van der Waals surface area contributed by atoms with E-state index in [9.17, 15) is 4.39 Å². The van der Waals surface area contributed by atoms with Crippen LogP contribution in [0.2, 0.25) is 0 Å². The van der Waals surface area contributed by atoms with Crippen LogP contribution in [0.15, 0.2) is 35.1 Å². The molecule has 9 nitrogen and oxygen atoms in total. The molecule has 2 bridgehead atoms. The minimum Gasteiger partial charge on any atom is -0.467 e. The first kappa shape index (κ1) is 23.6. The Morgan fingerprint density at radius 3 is 2.79 bits per heavy atom. The molecule has 2 atom stereocenters. The average molecular weight is 467 g/mol. The van der Waals surface area contributed by atoms with Gasteiger partial charge in [0, 0.05) is 37.2 Å². The van der Waals surface area contributed by atoms with Gasteiger partial charge in [-0.1, -0.05) is 0 Å². The van der Waals surface area contributed by atoms with Crippen molar-refractivity contribution in [2.24, 2.45) is 16.8 Å². The molecule has 0 saturated heterocycles. The van der Waals surface area contributed by atoms with E-state index >= 15 is 0 Å².